The first-order valence-corrected chi connectivity index (χ1v) is 6.72. The largest absolute Gasteiger partial charge is 0.480 e. The second kappa shape index (κ2) is 7.06. The van der Waals surface area contributed by atoms with Crippen molar-refractivity contribution >= 4 is 12.0 Å². The first-order chi connectivity index (χ1) is 9.70. The number of nitrogens with zero attached hydrogens (tertiary/aromatic N) is 1. The number of benzene rings is 1. The lowest BCUT2D eigenvalue weighted by Gasteiger charge is -2.34. The van der Waals surface area contributed by atoms with Gasteiger partial charge in [-0.3, -0.25) is 4.79 Å². The smallest absolute Gasteiger partial charge is 0.323 e. The summed E-state index contributed by atoms with van der Waals surface area (Å²) in [5.41, 5.74) is 0.178. The van der Waals surface area contributed by atoms with Crippen LogP contribution in [0.1, 0.15) is 26.3 Å². The number of hydrogen-bond donors (Lipinski definition) is 2. The molecule has 0 saturated carbocycles. The van der Waals surface area contributed by atoms with Gasteiger partial charge in [-0.05, 0) is 44.9 Å². The van der Waals surface area contributed by atoms with E-state index in [1.165, 1.54) is 17.0 Å². The molecule has 0 aliphatic heterocycles. The van der Waals surface area contributed by atoms with E-state index in [1.807, 2.05) is 0 Å². The molecule has 2 N–H and O–H groups in total. The molecule has 21 heavy (non-hydrogen) atoms. The molecule has 0 heterocycles. The molecule has 0 radical (unpaired) electrons. The third-order valence-corrected chi connectivity index (χ3v) is 2.93. The van der Waals surface area contributed by atoms with Gasteiger partial charge in [-0.15, -0.1) is 0 Å². The lowest BCUT2D eigenvalue weighted by molar-refractivity contribution is -0.138. The van der Waals surface area contributed by atoms with Gasteiger partial charge in [0.25, 0.3) is 0 Å². The minimum atomic E-state index is -1.06. The highest BCUT2D eigenvalue weighted by Crippen LogP contribution is 2.13. The molecule has 116 valence electrons. The van der Waals surface area contributed by atoms with E-state index in [1.54, 1.807) is 32.9 Å². The highest BCUT2D eigenvalue weighted by molar-refractivity contribution is 5.80. The number of aliphatic carboxylic acids is 1. The molecule has 1 aromatic rings. The van der Waals surface area contributed by atoms with Crippen LogP contribution in [0.4, 0.5) is 9.18 Å². The topological polar surface area (TPSA) is 69.6 Å². The van der Waals surface area contributed by atoms with E-state index < -0.39 is 17.5 Å². The lowest BCUT2D eigenvalue weighted by Crippen LogP contribution is -2.52. The maximum absolute atomic E-state index is 13.0. The number of carbonyl (C=O) groups excluding carboxylic acids is 1. The second-order valence-corrected chi connectivity index (χ2v) is 5.76. The Bertz CT molecular complexity index is 512. The van der Waals surface area contributed by atoms with Gasteiger partial charge in [0.1, 0.15) is 12.4 Å². The van der Waals surface area contributed by atoms with E-state index in [2.05, 4.69) is 5.32 Å². The third-order valence-electron chi connectivity index (χ3n) is 2.93. The maximum atomic E-state index is 13.0. The first-order valence-electron chi connectivity index (χ1n) is 6.72. The van der Waals surface area contributed by atoms with E-state index in [0.29, 0.717) is 13.0 Å². The molecule has 0 aliphatic carbocycles. The number of carboxylic acid groups (broad SMARTS) is 1. The van der Waals surface area contributed by atoms with Crippen LogP contribution in [0.2, 0.25) is 0 Å². The van der Waals surface area contributed by atoms with Crippen molar-refractivity contribution in [1.29, 1.82) is 0 Å². The summed E-state index contributed by atoms with van der Waals surface area (Å²) in [7, 11) is 0. The van der Waals surface area contributed by atoms with Gasteiger partial charge >= 0.3 is 12.0 Å². The van der Waals surface area contributed by atoms with Crippen molar-refractivity contribution in [3.05, 3.63) is 35.6 Å². The molecule has 2 amide bonds. The van der Waals surface area contributed by atoms with Gasteiger partial charge in [-0.25, -0.2) is 9.18 Å². The van der Waals surface area contributed by atoms with Gasteiger partial charge in [-0.2, -0.15) is 0 Å². The second-order valence-electron chi connectivity index (χ2n) is 5.76. The van der Waals surface area contributed by atoms with Gasteiger partial charge in [0.2, 0.25) is 0 Å². The van der Waals surface area contributed by atoms with E-state index >= 15 is 0 Å². The molecule has 0 atom stereocenters. The van der Waals surface area contributed by atoms with Crippen molar-refractivity contribution in [1.82, 2.24) is 10.2 Å². The number of halogens is 1. The van der Waals surface area contributed by atoms with Crippen LogP contribution in [0.5, 0.6) is 0 Å². The van der Waals surface area contributed by atoms with Crippen LogP contribution in [0.25, 0.3) is 0 Å². The predicted octanol–water partition coefficient (Wildman–Crippen LogP) is 2.26. The summed E-state index contributed by atoms with van der Waals surface area (Å²) in [6.45, 7) is 5.25. The van der Waals surface area contributed by atoms with Gasteiger partial charge in [0.05, 0.1) is 0 Å². The number of hydrogen-bond acceptors (Lipinski definition) is 2. The molecule has 0 aromatic heterocycles. The molecule has 0 fully saturated rings. The van der Waals surface area contributed by atoms with Gasteiger partial charge in [0, 0.05) is 12.1 Å². The van der Waals surface area contributed by atoms with E-state index in [4.69, 9.17) is 5.11 Å². The van der Waals surface area contributed by atoms with Crippen LogP contribution >= 0.6 is 0 Å². The Morgan fingerprint density at radius 1 is 1.33 bits per heavy atom. The fourth-order valence-corrected chi connectivity index (χ4v) is 1.85. The fourth-order valence-electron chi connectivity index (χ4n) is 1.85. The summed E-state index contributed by atoms with van der Waals surface area (Å²) in [4.78, 5) is 24.1. The molecule has 6 heteroatoms. The predicted molar refractivity (Wildman–Crippen MR) is 77.6 cm³/mol. The van der Waals surface area contributed by atoms with Crippen molar-refractivity contribution in [2.24, 2.45) is 0 Å². The van der Waals surface area contributed by atoms with Crippen molar-refractivity contribution in [2.45, 2.75) is 32.7 Å². The standard InChI is InChI=1S/C15H21FN2O3/c1-15(2,3)18(10-13(19)20)14(21)17-8-7-11-5-4-6-12(16)9-11/h4-6,9H,7-8,10H2,1-3H3,(H,17,21)(H,19,20). The van der Waals surface area contributed by atoms with E-state index in [0.717, 1.165) is 5.56 Å². The SMILES string of the molecule is CC(C)(C)N(CC(=O)O)C(=O)NCCc1cccc(F)c1. The van der Waals surface area contributed by atoms with Crippen LogP contribution in [0.3, 0.4) is 0 Å². The summed E-state index contributed by atoms with van der Waals surface area (Å²) in [6.07, 6.45) is 0.481. The Kier molecular flexibility index (Phi) is 5.69. The number of amides is 2. The zero-order valence-electron chi connectivity index (χ0n) is 12.5. The normalized spacial score (nSPS) is 11.0. The molecule has 0 saturated heterocycles. The molecular weight excluding hydrogens is 275 g/mol. The highest BCUT2D eigenvalue weighted by Gasteiger charge is 2.28. The average molecular weight is 296 g/mol. The van der Waals surface area contributed by atoms with Crippen LogP contribution < -0.4 is 5.32 Å². The fraction of sp³-hybridized carbons (Fsp3) is 0.467. The summed E-state index contributed by atoms with van der Waals surface area (Å²) < 4.78 is 13.0. The Hall–Kier alpha value is -2.11. The van der Waals surface area contributed by atoms with Gasteiger partial charge in [-0.1, -0.05) is 12.1 Å². The number of carboxylic acids is 1. The maximum Gasteiger partial charge on any atom is 0.323 e. The molecular formula is C15H21FN2O3. The summed E-state index contributed by atoms with van der Waals surface area (Å²) in [6, 6.07) is 5.70. The van der Waals surface area contributed by atoms with Gasteiger partial charge in [0.15, 0.2) is 0 Å². The molecule has 1 rings (SSSR count). The molecule has 0 spiro atoms. The van der Waals surface area contributed by atoms with Crippen molar-refractivity contribution < 1.29 is 19.1 Å². The van der Waals surface area contributed by atoms with Crippen LogP contribution in [0, 0.1) is 5.82 Å². The highest BCUT2D eigenvalue weighted by atomic mass is 19.1. The molecule has 1 aromatic carbocycles. The average Bonchev–Trinajstić information content (AvgIpc) is 2.34. The number of nitrogens with one attached hydrogen (secondary N) is 1. The van der Waals surface area contributed by atoms with Crippen molar-refractivity contribution in [2.75, 3.05) is 13.1 Å². The number of urea groups is 1. The van der Waals surface area contributed by atoms with Crippen molar-refractivity contribution in [3.63, 3.8) is 0 Å². The minimum Gasteiger partial charge on any atom is -0.480 e. The number of carbonyl (C=O) groups is 2. The Morgan fingerprint density at radius 2 is 2.00 bits per heavy atom. The van der Waals surface area contributed by atoms with Crippen LogP contribution in [-0.2, 0) is 11.2 Å². The van der Waals surface area contributed by atoms with Crippen LogP contribution in [-0.4, -0.2) is 40.6 Å². The minimum absolute atomic E-state index is 0.314. The van der Waals surface area contributed by atoms with E-state index in [-0.39, 0.29) is 12.4 Å². The summed E-state index contributed by atoms with van der Waals surface area (Å²) in [5.74, 6) is -1.38. The Labute approximate surface area is 123 Å². The summed E-state index contributed by atoms with van der Waals surface area (Å²) >= 11 is 0. The number of rotatable bonds is 5. The monoisotopic (exact) mass is 296 g/mol. The van der Waals surface area contributed by atoms with Gasteiger partial charge < -0.3 is 15.3 Å². The quantitative estimate of drug-likeness (QED) is 0.875. The third kappa shape index (κ3) is 5.81. The molecule has 0 unspecified atom stereocenters. The zero-order valence-corrected chi connectivity index (χ0v) is 12.5. The summed E-state index contributed by atoms with van der Waals surface area (Å²) in [5, 5.41) is 11.5. The molecule has 5 nitrogen and oxygen atoms in total. The molecule has 0 bridgehead atoms. The van der Waals surface area contributed by atoms with Crippen molar-refractivity contribution in [3.8, 4) is 0 Å². The molecule has 0 aliphatic rings. The first kappa shape index (κ1) is 16.9. The van der Waals surface area contributed by atoms with Crippen LogP contribution in [0.15, 0.2) is 24.3 Å². The van der Waals surface area contributed by atoms with E-state index in [9.17, 15) is 14.0 Å². The Balaban J connectivity index is 2.56. The lowest BCUT2D eigenvalue weighted by atomic mass is 10.1. The zero-order chi connectivity index (χ0) is 16.0. The Morgan fingerprint density at radius 3 is 2.52 bits per heavy atom.